The maximum Gasteiger partial charge on any atom is 0.338 e. The van der Waals surface area contributed by atoms with Crippen molar-refractivity contribution in [3.05, 3.63) is 98.1 Å². The van der Waals surface area contributed by atoms with Gasteiger partial charge in [-0.1, -0.05) is 18.2 Å². The van der Waals surface area contributed by atoms with E-state index in [0.717, 1.165) is 10.8 Å². The first-order valence-corrected chi connectivity index (χ1v) is 9.05. The van der Waals surface area contributed by atoms with E-state index in [2.05, 4.69) is 10.3 Å². The molecule has 0 unspecified atom stereocenters. The number of carbonyl (C=O) groups is 2. The van der Waals surface area contributed by atoms with Gasteiger partial charge in [-0.3, -0.25) is 14.2 Å². The van der Waals surface area contributed by atoms with Crippen molar-refractivity contribution < 1.29 is 18.7 Å². The molecule has 154 valence electrons. The van der Waals surface area contributed by atoms with E-state index >= 15 is 0 Å². The maximum atomic E-state index is 13.9. The number of hydrogen-bond donors (Lipinski definition) is 2. The molecule has 0 radical (unpaired) electrons. The number of halogens is 1. The molecule has 0 saturated heterocycles. The number of benzene rings is 2. The fraction of sp³-hybridized carbons (Fsp3) is 0.143. The first kappa shape index (κ1) is 20.7. The van der Waals surface area contributed by atoms with Gasteiger partial charge in [0.05, 0.1) is 18.7 Å². The quantitative estimate of drug-likeness (QED) is 0.604. The van der Waals surface area contributed by atoms with Crippen LogP contribution in [0.25, 0.3) is 0 Å². The zero-order valence-electron chi connectivity index (χ0n) is 16.0. The molecule has 1 amide bonds. The summed E-state index contributed by atoms with van der Waals surface area (Å²) in [5.74, 6) is -1.82. The summed E-state index contributed by atoms with van der Waals surface area (Å²) in [6, 6.07) is 11.6. The summed E-state index contributed by atoms with van der Waals surface area (Å²) >= 11 is 0. The van der Waals surface area contributed by atoms with E-state index in [9.17, 15) is 23.6 Å². The molecule has 8 nitrogen and oxygen atoms in total. The Morgan fingerprint density at radius 2 is 1.80 bits per heavy atom. The molecule has 2 N–H and O–H groups in total. The molecule has 0 aliphatic rings. The lowest BCUT2D eigenvalue weighted by Crippen LogP contribution is -2.39. The Labute approximate surface area is 169 Å². The number of hydrogen-bond acceptors (Lipinski definition) is 5. The summed E-state index contributed by atoms with van der Waals surface area (Å²) < 4.78 is 19.5. The van der Waals surface area contributed by atoms with E-state index in [1.807, 2.05) is 0 Å². The fourth-order valence-electron chi connectivity index (χ4n) is 2.72. The predicted octanol–water partition coefficient (Wildman–Crippen LogP) is 2.15. The smallest absolute Gasteiger partial charge is 0.338 e. The number of anilines is 1. The normalized spacial score (nSPS) is 10.5. The summed E-state index contributed by atoms with van der Waals surface area (Å²) in [6.07, 6.45) is 1.00. The summed E-state index contributed by atoms with van der Waals surface area (Å²) in [6.45, 7) is 1.61. The molecule has 0 atom stereocenters. The largest absolute Gasteiger partial charge is 0.462 e. The number of nitrogens with one attached hydrogen (secondary N) is 2. The average molecular weight is 411 g/mol. The summed E-state index contributed by atoms with van der Waals surface area (Å²) in [5.41, 5.74) is -1.16. The number of carbonyl (C=O) groups excluding carboxylic acids is 2. The zero-order chi connectivity index (χ0) is 21.7. The van der Waals surface area contributed by atoms with Crippen molar-refractivity contribution in [2.24, 2.45) is 0 Å². The Morgan fingerprint density at radius 1 is 1.10 bits per heavy atom. The highest BCUT2D eigenvalue weighted by Gasteiger charge is 2.16. The monoisotopic (exact) mass is 411 g/mol. The summed E-state index contributed by atoms with van der Waals surface area (Å²) in [7, 11) is 0. The minimum absolute atomic E-state index is 0.136. The van der Waals surface area contributed by atoms with E-state index in [4.69, 9.17) is 4.74 Å². The van der Waals surface area contributed by atoms with Gasteiger partial charge in [-0.15, -0.1) is 0 Å². The molecule has 0 bridgehead atoms. The van der Waals surface area contributed by atoms with Crippen LogP contribution in [0.15, 0.2) is 64.3 Å². The third-order valence-corrected chi connectivity index (χ3v) is 4.25. The van der Waals surface area contributed by atoms with E-state index in [-0.39, 0.29) is 24.3 Å². The van der Waals surface area contributed by atoms with Gasteiger partial charge in [0.2, 0.25) is 0 Å². The van der Waals surface area contributed by atoms with Crippen molar-refractivity contribution in [3.63, 3.8) is 0 Å². The minimum atomic E-state index is -0.859. The van der Waals surface area contributed by atoms with E-state index in [0.29, 0.717) is 11.3 Å². The summed E-state index contributed by atoms with van der Waals surface area (Å²) in [4.78, 5) is 51.2. The Morgan fingerprint density at radius 3 is 2.47 bits per heavy atom. The number of rotatable bonds is 6. The first-order valence-electron chi connectivity index (χ1n) is 9.05. The minimum Gasteiger partial charge on any atom is -0.462 e. The summed E-state index contributed by atoms with van der Waals surface area (Å²) in [5, 5.41) is 2.52. The van der Waals surface area contributed by atoms with Crippen LogP contribution in [0.1, 0.15) is 33.2 Å². The topological polar surface area (TPSA) is 110 Å². The van der Waals surface area contributed by atoms with Crippen LogP contribution in [-0.2, 0) is 11.3 Å². The van der Waals surface area contributed by atoms with Crippen molar-refractivity contribution in [2.45, 2.75) is 13.5 Å². The fourth-order valence-corrected chi connectivity index (χ4v) is 2.72. The Hall–Kier alpha value is -4.01. The van der Waals surface area contributed by atoms with Gasteiger partial charge in [0.25, 0.3) is 11.5 Å². The lowest BCUT2D eigenvalue weighted by molar-refractivity contribution is 0.0526. The Kier molecular flexibility index (Phi) is 6.21. The maximum absolute atomic E-state index is 13.9. The van der Waals surface area contributed by atoms with E-state index in [1.165, 1.54) is 42.5 Å². The van der Waals surface area contributed by atoms with E-state index in [1.54, 1.807) is 13.0 Å². The van der Waals surface area contributed by atoms with Crippen molar-refractivity contribution >= 4 is 17.6 Å². The van der Waals surface area contributed by atoms with Crippen molar-refractivity contribution in [3.8, 4) is 0 Å². The number of ether oxygens (including phenoxy) is 1. The number of amides is 1. The van der Waals surface area contributed by atoms with Gasteiger partial charge in [-0.2, -0.15) is 0 Å². The number of aromatic nitrogens is 2. The average Bonchev–Trinajstić information content (AvgIpc) is 2.73. The molecule has 0 aliphatic heterocycles. The number of aromatic amines is 1. The highest BCUT2D eigenvalue weighted by Crippen LogP contribution is 2.12. The highest BCUT2D eigenvalue weighted by molar-refractivity contribution is 6.04. The van der Waals surface area contributed by atoms with Crippen LogP contribution < -0.4 is 16.6 Å². The lowest BCUT2D eigenvalue weighted by atomic mass is 10.2. The Bertz CT molecular complexity index is 1200. The zero-order valence-corrected chi connectivity index (χ0v) is 16.0. The second-order valence-corrected chi connectivity index (χ2v) is 6.24. The first-order chi connectivity index (χ1) is 14.4. The molecule has 0 fully saturated rings. The lowest BCUT2D eigenvalue weighted by Gasteiger charge is -2.09. The molecular weight excluding hydrogens is 393 g/mol. The molecule has 0 aliphatic carbocycles. The second kappa shape index (κ2) is 8.99. The molecule has 3 aromatic rings. The molecule has 9 heteroatoms. The molecule has 30 heavy (non-hydrogen) atoms. The van der Waals surface area contributed by atoms with Crippen LogP contribution in [0.2, 0.25) is 0 Å². The van der Waals surface area contributed by atoms with Gasteiger partial charge in [-0.05, 0) is 37.3 Å². The van der Waals surface area contributed by atoms with Crippen LogP contribution in [0.4, 0.5) is 10.1 Å². The number of H-pyrrole nitrogens is 1. The Balaban J connectivity index is 1.83. The SMILES string of the molecule is CCOC(=O)c1ccc(NC(=O)c2c[nH]c(=O)n(Cc3ccccc3F)c2=O)cc1. The molecular formula is C21H18FN3O5. The van der Waals surface area contributed by atoms with Crippen LogP contribution >= 0.6 is 0 Å². The van der Waals surface area contributed by atoms with Gasteiger partial charge < -0.3 is 15.0 Å². The van der Waals surface area contributed by atoms with Crippen LogP contribution in [0.3, 0.4) is 0 Å². The number of nitrogens with zero attached hydrogens (tertiary/aromatic N) is 1. The molecule has 2 aromatic carbocycles. The van der Waals surface area contributed by atoms with Gasteiger partial charge in [-0.25, -0.2) is 14.0 Å². The highest BCUT2D eigenvalue weighted by atomic mass is 19.1. The third-order valence-electron chi connectivity index (χ3n) is 4.25. The molecule has 0 spiro atoms. The van der Waals surface area contributed by atoms with Crippen LogP contribution in [0.5, 0.6) is 0 Å². The standard InChI is InChI=1S/C21H18FN3O5/c1-2-30-20(28)13-7-9-15(10-8-13)24-18(26)16-11-23-21(29)25(19(16)27)12-14-5-3-4-6-17(14)22/h3-11H,2,12H2,1H3,(H,23,29)(H,24,26). The van der Waals surface area contributed by atoms with Gasteiger partial charge in [0.1, 0.15) is 11.4 Å². The van der Waals surface area contributed by atoms with Gasteiger partial charge in [0.15, 0.2) is 0 Å². The molecule has 1 heterocycles. The van der Waals surface area contributed by atoms with E-state index < -0.39 is 28.9 Å². The molecule has 0 saturated carbocycles. The van der Waals surface area contributed by atoms with Crippen LogP contribution in [0, 0.1) is 5.82 Å². The predicted molar refractivity (Wildman–Crippen MR) is 107 cm³/mol. The van der Waals surface area contributed by atoms with Crippen molar-refractivity contribution in [1.82, 2.24) is 9.55 Å². The van der Waals surface area contributed by atoms with Crippen molar-refractivity contribution in [1.29, 1.82) is 0 Å². The molecule has 1 aromatic heterocycles. The number of esters is 1. The van der Waals surface area contributed by atoms with Crippen molar-refractivity contribution in [2.75, 3.05) is 11.9 Å². The van der Waals surface area contributed by atoms with Crippen LogP contribution in [-0.4, -0.2) is 28.0 Å². The molecule has 3 rings (SSSR count). The van der Waals surface area contributed by atoms with Gasteiger partial charge >= 0.3 is 11.7 Å². The third kappa shape index (κ3) is 4.52. The van der Waals surface area contributed by atoms with Gasteiger partial charge in [0, 0.05) is 17.4 Å². The second-order valence-electron chi connectivity index (χ2n) is 6.24.